The number of aromatic nitrogens is 2. The second-order valence-electron chi connectivity index (χ2n) is 6.83. The van der Waals surface area contributed by atoms with Gasteiger partial charge in [0.1, 0.15) is 0 Å². The highest BCUT2D eigenvalue weighted by molar-refractivity contribution is 7.99. The van der Waals surface area contributed by atoms with Crippen molar-refractivity contribution in [2.45, 2.75) is 29.5 Å². The second kappa shape index (κ2) is 8.07. The predicted octanol–water partition coefficient (Wildman–Crippen LogP) is 4.86. The number of likely N-dealkylation sites (N-methyl/N-ethyl adjacent to an activating group) is 1. The molecule has 27 heavy (non-hydrogen) atoms. The largest absolute Gasteiger partial charge is 0.335 e. The lowest BCUT2D eigenvalue weighted by atomic mass is 9.85. The zero-order valence-electron chi connectivity index (χ0n) is 15.2. The fourth-order valence-electron chi connectivity index (χ4n) is 3.66. The van der Waals surface area contributed by atoms with E-state index >= 15 is 0 Å². The highest BCUT2D eigenvalue weighted by Gasteiger charge is 2.46. The van der Waals surface area contributed by atoms with Crippen molar-refractivity contribution in [1.29, 1.82) is 0 Å². The number of rotatable bonds is 6. The van der Waals surface area contributed by atoms with Gasteiger partial charge in [0.05, 0.1) is 18.0 Å². The lowest BCUT2D eigenvalue weighted by Crippen LogP contribution is -2.41. The Morgan fingerprint density at radius 1 is 1.19 bits per heavy atom. The number of hydrogen-bond donors (Lipinski definition) is 0. The zero-order chi connectivity index (χ0) is 18.7. The average molecular weight is 400 g/mol. The van der Waals surface area contributed by atoms with Crippen molar-refractivity contribution in [2.75, 3.05) is 12.8 Å². The van der Waals surface area contributed by atoms with E-state index in [9.17, 15) is 0 Å². The molecule has 1 aliphatic heterocycles. The molecule has 0 amide bonds. The van der Waals surface area contributed by atoms with Crippen LogP contribution in [-0.2, 0) is 16.9 Å². The Kier molecular flexibility index (Phi) is 5.55. The van der Waals surface area contributed by atoms with Crippen LogP contribution >= 0.6 is 23.4 Å². The Hall–Kier alpha value is -1.79. The predicted molar refractivity (Wildman–Crippen MR) is 110 cm³/mol. The van der Waals surface area contributed by atoms with E-state index in [-0.39, 0.29) is 11.6 Å². The van der Waals surface area contributed by atoms with E-state index < -0.39 is 0 Å². The van der Waals surface area contributed by atoms with Crippen LogP contribution < -0.4 is 0 Å². The molecule has 0 bridgehead atoms. The van der Waals surface area contributed by atoms with E-state index in [1.165, 1.54) is 10.5 Å². The molecule has 2 heterocycles. The molecule has 140 valence electrons. The molecule has 0 N–H and O–H groups in total. The topological polar surface area (TPSA) is 30.3 Å². The van der Waals surface area contributed by atoms with Crippen molar-refractivity contribution in [3.8, 4) is 0 Å². The van der Waals surface area contributed by atoms with Gasteiger partial charge in [-0.25, -0.2) is 4.98 Å². The maximum atomic E-state index is 6.28. The molecule has 2 aromatic carbocycles. The van der Waals surface area contributed by atoms with Gasteiger partial charge in [0, 0.05) is 48.1 Å². The Morgan fingerprint density at radius 3 is 2.67 bits per heavy atom. The summed E-state index contributed by atoms with van der Waals surface area (Å²) >= 11 is 7.79. The van der Waals surface area contributed by atoms with Crippen molar-refractivity contribution in [3.05, 3.63) is 83.9 Å². The number of imidazole rings is 1. The van der Waals surface area contributed by atoms with Crippen molar-refractivity contribution >= 4 is 23.4 Å². The number of hydroxylamine groups is 2. The van der Waals surface area contributed by atoms with Crippen LogP contribution in [0.5, 0.6) is 0 Å². The van der Waals surface area contributed by atoms with Crippen LogP contribution in [0.1, 0.15) is 12.0 Å². The van der Waals surface area contributed by atoms with Gasteiger partial charge in [-0.3, -0.25) is 4.84 Å². The molecule has 0 spiro atoms. The first-order valence-corrected chi connectivity index (χ1v) is 10.3. The summed E-state index contributed by atoms with van der Waals surface area (Å²) in [7, 11) is 2.04. The van der Waals surface area contributed by atoms with Crippen molar-refractivity contribution in [2.24, 2.45) is 0 Å². The maximum absolute atomic E-state index is 6.28. The van der Waals surface area contributed by atoms with Crippen molar-refractivity contribution < 1.29 is 4.84 Å². The van der Waals surface area contributed by atoms with Gasteiger partial charge in [-0.2, -0.15) is 5.06 Å². The fourth-order valence-corrected chi connectivity index (χ4v) is 4.67. The van der Waals surface area contributed by atoms with E-state index in [0.717, 1.165) is 23.7 Å². The van der Waals surface area contributed by atoms with E-state index in [1.54, 1.807) is 11.8 Å². The van der Waals surface area contributed by atoms with Gasteiger partial charge in [0.15, 0.2) is 0 Å². The van der Waals surface area contributed by atoms with Crippen molar-refractivity contribution in [1.82, 2.24) is 14.6 Å². The third-order valence-electron chi connectivity index (χ3n) is 5.04. The molecular formula is C21H22ClN3OS. The molecule has 3 aromatic rings. The summed E-state index contributed by atoms with van der Waals surface area (Å²) < 4.78 is 2.13. The first-order valence-electron chi connectivity index (χ1n) is 8.96. The lowest BCUT2D eigenvalue weighted by molar-refractivity contribution is -0.170. The molecule has 1 saturated heterocycles. The molecule has 1 fully saturated rings. The molecule has 1 aromatic heterocycles. The standard InChI is InChI=1S/C21H22ClN3OS/c1-24-21(15-25-12-11-23-16-25,17-5-3-2-4-6-17)13-19(26-24)14-27-20-9-7-18(22)8-10-20/h2-12,16,19H,13-15H2,1H3. The number of nitrogens with zero attached hydrogens (tertiary/aromatic N) is 3. The highest BCUT2D eigenvalue weighted by Crippen LogP contribution is 2.42. The first kappa shape index (κ1) is 18.6. The molecule has 0 radical (unpaired) electrons. The monoisotopic (exact) mass is 399 g/mol. The molecule has 0 saturated carbocycles. The average Bonchev–Trinajstić information content (AvgIpc) is 3.31. The SMILES string of the molecule is CN1OC(CSc2ccc(Cl)cc2)CC1(Cn1ccnc1)c1ccccc1. The molecule has 6 heteroatoms. The van der Waals surface area contributed by atoms with Crippen LogP contribution in [0.2, 0.25) is 5.02 Å². The van der Waals surface area contributed by atoms with Crippen molar-refractivity contribution in [3.63, 3.8) is 0 Å². The molecule has 1 aliphatic rings. The van der Waals surface area contributed by atoms with Gasteiger partial charge >= 0.3 is 0 Å². The number of benzene rings is 2. The normalized spacial score (nSPS) is 23.0. The molecule has 2 atom stereocenters. The van der Waals surface area contributed by atoms with E-state index in [0.29, 0.717) is 0 Å². The van der Waals surface area contributed by atoms with Crippen LogP contribution in [0, 0.1) is 0 Å². The quantitative estimate of drug-likeness (QED) is 0.554. The van der Waals surface area contributed by atoms with E-state index in [4.69, 9.17) is 16.4 Å². The maximum Gasteiger partial charge on any atom is 0.0946 e. The van der Waals surface area contributed by atoms with Crippen LogP contribution in [0.3, 0.4) is 0 Å². The smallest absolute Gasteiger partial charge is 0.0946 e. The Morgan fingerprint density at radius 2 is 1.96 bits per heavy atom. The number of halogens is 1. The zero-order valence-corrected chi connectivity index (χ0v) is 16.7. The minimum atomic E-state index is -0.215. The van der Waals surface area contributed by atoms with Gasteiger partial charge in [-0.05, 0) is 29.8 Å². The van der Waals surface area contributed by atoms with Gasteiger partial charge in [-0.15, -0.1) is 11.8 Å². The Balaban J connectivity index is 1.53. The summed E-state index contributed by atoms with van der Waals surface area (Å²) in [5, 5.41) is 2.80. The van der Waals surface area contributed by atoms with Gasteiger partial charge < -0.3 is 4.57 Å². The molecular weight excluding hydrogens is 378 g/mol. The highest BCUT2D eigenvalue weighted by atomic mass is 35.5. The summed E-state index contributed by atoms with van der Waals surface area (Å²) in [4.78, 5) is 11.7. The molecule has 0 aliphatic carbocycles. The lowest BCUT2D eigenvalue weighted by Gasteiger charge is -2.34. The minimum Gasteiger partial charge on any atom is -0.335 e. The van der Waals surface area contributed by atoms with E-state index in [2.05, 4.69) is 52.0 Å². The fraction of sp³-hybridized carbons (Fsp3) is 0.286. The second-order valence-corrected chi connectivity index (χ2v) is 8.36. The summed E-state index contributed by atoms with van der Waals surface area (Å²) in [5.74, 6) is 0.893. The molecule has 2 unspecified atom stereocenters. The van der Waals surface area contributed by atoms with Crippen LogP contribution in [0.4, 0.5) is 0 Å². The summed E-state index contributed by atoms with van der Waals surface area (Å²) in [6.45, 7) is 0.801. The Bertz CT molecular complexity index is 857. The summed E-state index contributed by atoms with van der Waals surface area (Å²) in [6, 6.07) is 18.6. The number of thioether (sulfide) groups is 1. The third-order valence-corrected chi connectivity index (χ3v) is 6.44. The van der Waals surface area contributed by atoms with Crippen LogP contribution in [0.15, 0.2) is 78.2 Å². The van der Waals surface area contributed by atoms with Gasteiger partial charge in [0.25, 0.3) is 0 Å². The third kappa shape index (κ3) is 4.06. The first-order chi connectivity index (χ1) is 13.2. The molecule has 4 nitrogen and oxygen atoms in total. The van der Waals surface area contributed by atoms with Crippen LogP contribution in [-0.4, -0.2) is 33.5 Å². The Labute approximate surface area is 169 Å². The number of hydrogen-bond acceptors (Lipinski definition) is 4. The molecule has 4 rings (SSSR count). The minimum absolute atomic E-state index is 0.138. The van der Waals surface area contributed by atoms with Gasteiger partial charge in [-0.1, -0.05) is 41.9 Å². The van der Waals surface area contributed by atoms with Gasteiger partial charge in [0.2, 0.25) is 0 Å². The summed E-state index contributed by atoms with van der Waals surface area (Å²) in [5.41, 5.74) is 1.05. The van der Waals surface area contributed by atoms with Crippen LogP contribution in [0.25, 0.3) is 0 Å². The summed E-state index contributed by atoms with van der Waals surface area (Å²) in [6.07, 6.45) is 6.76. The van der Waals surface area contributed by atoms with E-state index in [1.807, 2.05) is 43.0 Å².